The quantitative estimate of drug-likeness (QED) is 0.611. The van der Waals surface area contributed by atoms with Crippen LogP contribution in [0.5, 0.6) is 5.75 Å². The molecule has 0 radical (unpaired) electrons. The van der Waals surface area contributed by atoms with Crippen LogP contribution in [0.3, 0.4) is 0 Å². The summed E-state index contributed by atoms with van der Waals surface area (Å²) in [6.45, 7) is 4.84. The number of nitro groups is 1. The average molecular weight is 407 g/mol. The molecule has 0 amide bonds. The molecular weight excluding hydrogens is 386 g/mol. The van der Waals surface area contributed by atoms with E-state index in [1.54, 1.807) is 19.2 Å². The maximum absolute atomic E-state index is 10.8. The predicted octanol–water partition coefficient (Wildman–Crippen LogP) is 2.27. The van der Waals surface area contributed by atoms with E-state index in [9.17, 15) is 10.1 Å². The van der Waals surface area contributed by atoms with Gasteiger partial charge in [0, 0.05) is 27.9 Å². The number of nitrogens with one attached hydrogen (secondary N) is 1. The zero-order chi connectivity index (χ0) is 17.8. The molecule has 0 bridgehead atoms. The molecule has 2 aromatic carbocycles. The number of rotatable bonds is 5. The fraction of sp³-hybridized carbons (Fsp3) is 0.333. The fourth-order valence-corrected chi connectivity index (χ4v) is 3.61. The number of non-ortho nitro benzene ring substituents is 1. The molecule has 1 heterocycles. The summed E-state index contributed by atoms with van der Waals surface area (Å²) in [6, 6.07) is 12.9. The number of nitro benzene ring substituents is 1. The molecule has 0 spiro atoms. The summed E-state index contributed by atoms with van der Waals surface area (Å²) in [5.41, 5.74) is 2.38. The van der Waals surface area contributed by atoms with Gasteiger partial charge < -0.3 is 14.5 Å². The summed E-state index contributed by atoms with van der Waals surface area (Å²) in [5, 5.41) is 10.8. The SMILES string of the molecule is COc1ccc(Br)cc1C[NH+]1CCN(c2ccc([N+](=O)[O-])cc2)CC1. The van der Waals surface area contributed by atoms with E-state index in [4.69, 9.17) is 4.74 Å². The van der Waals surface area contributed by atoms with Gasteiger partial charge in [-0.3, -0.25) is 10.1 Å². The Morgan fingerprint density at radius 2 is 1.88 bits per heavy atom. The summed E-state index contributed by atoms with van der Waals surface area (Å²) >= 11 is 3.53. The molecular formula is C18H21BrN3O3+. The number of quaternary nitrogens is 1. The Labute approximate surface area is 155 Å². The van der Waals surface area contributed by atoms with Crippen molar-refractivity contribution in [2.45, 2.75) is 6.54 Å². The molecule has 3 rings (SSSR count). The van der Waals surface area contributed by atoms with Gasteiger partial charge >= 0.3 is 0 Å². The summed E-state index contributed by atoms with van der Waals surface area (Å²) in [4.78, 5) is 14.2. The van der Waals surface area contributed by atoms with Crippen molar-refractivity contribution in [1.82, 2.24) is 0 Å². The van der Waals surface area contributed by atoms with Crippen LogP contribution in [0.1, 0.15) is 5.56 Å². The molecule has 0 unspecified atom stereocenters. The molecule has 0 atom stereocenters. The monoisotopic (exact) mass is 406 g/mol. The number of hydrogen-bond donors (Lipinski definition) is 1. The van der Waals surface area contributed by atoms with Gasteiger partial charge in [0.25, 0.3) is 5.69 Å². The molecule has 1 aliphatic rings. The van der Waals surface area contributed by atoms with Gasteiger partial charge in [-0.2, -0.15) is 0 Å². The smallest absolute Gasteiger partial charge is 0.269 e. The highest BCUT2D eigenvalue weighted by atomic mass is 79.9. The summed E-state index contributed by atoms with van der Waals surface area (Å²) < 4.78 is 6.53. The van der Waals surface area contributed by atoms with Crippen molar-refractivity contribution in [3.05, 3.63) is 62.6 Å². The normalized spacial score (nSPS) is 15.2. The molecule has 1 N–H and O–H groups in total. The Morgan fingerprint density at radius 1 is 1.20 bits per heavy atom. The first-order valence-electron chi connectivity index (χ1n) is 8.22. The van der Waals surface area contributed by atoms with Crippen molar-refractivity contribution >= 4 is 27.3 Å². The minimum absolute atomic E-state index is 0.134. The maximum Gasteiger partial charge on any atom is 0.269 e. The number of benzene rings is 2. The van der Waals surface area contributed by atoms with Crippen LogP contribution < -0.4 is 14.5 Å². The number of methoxy groups -OCH3 is 1. The molecule has 0 saturated carbocycles. The van der Waals surface area contributed by atoms with Crippen LogP contribution in [0, 0.1) is 10.1 Å². The predicted molar refractivity (Wildman–Crippen MR) is 100 cm³/mol. The van der Waals surface area contributed by atoms with E-state index in [-0.39, 0.29) is 10.6 Å². The third-order valence-electron chi connectivity index (χ3n) is 4.58. The highest BCUT2D eigenvalue weighted by molar-refractivity contribution is 9.10. The van der Waals surface area contributed by atoms with Crippen LogP contribution >= 0.6 is 15.9 Å². The third kappa shape index (κ3) is 4.29. The molecule has 0 aliphatic carbocycles. The molecule has 132 valence electrons. The van der Waals surface area contributed by atoms with Gasteiger partial charge in [0.1, 0.15) is 12.3 Å². The van der Waals surface area contributed by atoms with Crippen molar-refractivity contribution in [2.24, 2.45) is 0 Å². The van der Waals surface area contributed by atoms with Gasteiger partial charge in [-0.1, -0.05) is 15.9 Å². The molecule has 1 aliphatic heterocycles. The first-order chi connectivity index (χ1) is 12.1. The third-order valence-corrected chi connectivity index (χ3v) is 5.07. The van der Waals surface area contributed by atoms with E-state index < -0.39 is 0 Å². The zero-order valence-corrected chi connectivity index (χ0v) is 15.7. The number of nitrogens with zero attached hydrogens (tertiary/aromatic N) is 2. The Hall–Kier alpha value is -2.12. The molecule has 1 fully saturated rings. The number of piperazine rings is 1. The van der Waals surface area contributed by atoms with Crippen LogP contribution in [-0.4, -0.2) is 38.2 Å². The maximum atomic E-state index is 10.8. The molecule has 25 heavy (non-hydrogen) atoms. The lowest BCUT2D eigenvalue weighted by Gasteiger charge is -2.33. The van der Waals surface area contributed by atoms with Crippen molar-refractivity contribution in [2.75, 3.05) is 38.2 Å². The van der Waals surface area contributed by atoms with Crippen LogP contribution in [0.2, 0.25) is 0 Å². The molecule has 1 saturated heterocycles. The zero-order valence-electron chi connectivity index (χ0n) is 14.1. The van der Waals surface area contributed by atoms with Crippen LogP contribution in [0.25, 0.3) is 0 Å². The van der Waals surface area contributed by atoms with Crippen molar-refractivity contribution in [3.8, 4) is 5.75 Å². The van der Waals surface area contributed by atoms with E-state index in [1.807, 2.05) is 24.3 Å². The Bertz CT molecular complexity index is 744. The van der Waals surface area contributed by atoms with Gasteiger partial charge in [-0.25, -0.2) is 0 Å². The molecule has 7 heteroatoms. The molecule has 0 aromatic heterocycles. The van der Waals surface area contributed by atoms with Gasteiger partial charge in [0.15, 0.2) is 0 Å². The Kier molecular flexibility index (Phi) is 5.55. The highest BCUT2D eigenvalue weighted by Gasteiger charge is 2.22. The van der Waals surface area contributed by atoms with Crippen molar-refractivity contribution < 1.29 is 14.6 Å². The van der Waals surface area contributed by atoms with Crippen molar-refractivity contribution in [3.63, 3.8) is 0 Å². The Morgan fingerprint density at radius 3 is 2.48 bits per heavy atom. The number of ether oxygens (including phenoxy) is 1. The molecule has 6 nitrogen and oxygen atoms in total. The average Bonchev–Trinajstić information content (AvgIpc) is 2.63. The van der Waals surface area contributed by atoms with Gasteiger partial charge in [0.2, 0.25) is 0 Å². The summed E-state index contributed by atoms with van der Waals surface area (Å²) in [7, 11) is 1.70. The van der Waals surface area contributed by atoms with Gasteiger partial charge in [-0.15, -0.1) is 0 Å². The second-order valence-corrected chi connectivity index (χ2v) is 7.06. The number of halogens is 1. The molecule has 2 aromatic rings. The van der Waals surface area contributed by atoms with E-state index in [1.165, 1.54) is 10.5 Å². The first-order valence-corrected chi connectivity index (χ1v) is 9.01. The number of hydrogen-bond acceptors (Lipinski definition) is 4. The van der Waals surface area contributed by atoms with Crippen LogP contribution in [-0.2, 0) is 6.54 Å². The lowest BCUT2D eigenvalue weighted by Crippen LogP contribution is -3.13. The minimum Gasteiger partial charge on any atom is -0.496 e. The van der Waals surface area contributed by atoms with Crippen LogP contribution in [0.15, 0.2) is 46.9 Å². The largest absolute Gasteiger partial charge is 0.496 e. The van der Waals surface area contributed by atoms with E-state index in [0.29, 0.717) is 0 Å². The lowest BCUT2D eigenvalue weighted by molar-refractivity contribution is -0.914. The van der Waals surface area contributed by atoms with E-state index >= 15 is 0 Å². The Balaban J connectivity index is 1.60. The lowest BCUT2D eigenvalue weighted by atomic mass is 10.1. The topological polar surface area (TPSA) is 60.0 Å². The standard InChI is InChI=1S/C18H20BrN3O3/c1-25-18-7-2-15(19)12-14(18)13-20-8-10-21(11-9-20)16-3-5-17(6-4-16)22(23)24/h2-7,12H,8-11,13H2,1H3/p+1. The van der Waals surface area contributed by atoms with Crippen molar-refractivity contribution in [1.29, 1.82) is 0 Å². The summed E-state index contributed by atoms with van der Waals surface area (Å²) in [6.07, 6.45) is 0. The second-order valence-electron chi connectivity index (χ2n) is 6.14. The summed E-state index contributed by atoms with van der Waals surface area (Å²) in [5.74, 6) is 0.925. The van der Waals surface area contributed by atoms with E-state index in [0.717, 1.165) is 48.6 Å². The number of anilines is 1. The first kappa shape index (κ1) is 17.7. The highest BCUT2D eigenvalue weighted by Crippen LogP contribution is 2.22. The van der Waals surface area contributed by atoms with Gasteiger partial charge in [-0.05, 0) is 30.3 Å². The fourth-order valence-electron chi connectivity index (χ4n) is 3.20. The van der Waals surface area contributed by atoms with E-state index in [2.05, 4.69) is 26.9 Å². The second kappa shape index (κ2) is 7.84. The van der Waals surface area contributed by atoms with Gasteiger partial charge in [0.05, 0.1) is 38.2 Å². The minimum atomic E-state index is -0.364. The van der Waals surface area contributed by atoms with Crippen LogP contribution in [0.4, 0.5) is 11.4 Å².